The van der Waals surface area contributed by atoms with Crippen molar-refractivity contribution in [1.82, 2.24) is 3.71 Å². The molecule has 0 aliphatic heterocycles. The quantitative estimate of drug-likeness (QED) is 0.737. The molecule has 0 radical (unpaired) electrons. The molecule has 0 aliphatic rings. The van der Waals surface area contributed by atoms with Crippen LogP contribution < -0.4 is 0 Å². The molecule has 0 heterocycles. The smallest absolute Gasteiger partial charge is 0.335 e. The molecule has 0 unspecified atom stereocenters. The van der Waals surface area contributed by atoms with Crippen molar-refractivity contribution in [3.8, 4) is 0 Å². The largest absolute Gasteiger partial charge is 0.478 e. The van der Waals surface area contributed by atoms with E-state index in [1.165, 1.54) is 27.5 Å². The van der Waals surface area contributed by atoms with E-state index in [-0.39, 0.29) is 17.0 Å². The number of hydrogen-bond acceptors (Lipinski definition) is 4. The fraction of sp³-hybridized carbons (Fsp3) is 0.278. The van der Waals surface area contributed by atoms with Gasteiger partial charge in [-0.15, -0.1) is 3.71 Å². The maximum absolute atomic E-state index is 12.9. The van der Waals surface area contributed by atoms with Crippen LogP contribution in [0.2, 0.25) is 0 Å². The van der Waals surface area contributed by atoms with Crippen LogP contribution in [0, 0.1) is 6.92 Å². The van der Waals surface area contributed by atoms with Gasteiger partial charge in [0.1, 0.15) is 0 Å². The Kier molecular flexibility index (Phi) is 6.26. The van der Waals surface area contributed by atoms with Crippen molar-refractivity contribution in [1.29, 1.82) is 0 Å². The minimum absolute atomic E-state index is 0.00516. The van der Waals surface area contributed by atoms with E-state index in [0.29, 0.717) is 5.56 Å². The van der Waals surface area contributed by atoms with Gasteiger partial charge in [0.2, 0.25) is 0 Å². The number of carbonyl (C=O) groups is 1. The van der Waals surface area contributed by atoms with Crippen molar-refractivity contribution >= 4 is 27.9 Å². The van der Waals surface area contributed by atoms with Crippen LogP contribution in [0.15, 0.2) is 52.3 Å². The van der Waals surface area contributed by atoms with Gasteiger partial charge in [-0.2, -0.15) is 0 Å². The van der Waals surface area contributed by atoms with Gasteiger partial charge in [0, 0.05) is 11.4 Å². The second-order valence-electron chi connectivity index (χ2n) is 5.49. The Morgan fingerprint density at radius 2 is 1.76 bits per heavy atom. The Morgan fingerprint density at radius 1 is 1.12 bits per heavy atom. The highest BCUT2D eigenvalue weighted by atomic mass is 32.3. The van der Waals surface area contributed by atoms with Gasteiger partial charge in [-0.25, -0.2) is 13.2 Å². The molecule has 7 heteroatoms. The van der Waals surface area contributed by atoms with Crippen LogP contribution in [0.1, 0.15) is 35.3 Å². The van der Waals surface area contributed by atoms with Gasteiger partial charge in [-0.05, 0) is 60.7 Å². The Balaban J connectivity index is 2.34. The van der Waals surface area contributed by atoms with Gasteiger partial charge < -0.3 is 5.11 Å². The number of aromatic carboxylic acids is 1. The molecule has 25 heavy (non-hydrogen) atoms. The molecule has 0 saturated carbocycles. The molecule has 2 aromatic carbocycles. The van der Waals surface area contributed by atoms with Crippen molar-refractivity contribution in [3.63, 3.8) is 0 Å². The number of sulfonamides is 1. The molecule has 1 N–H and O–H groups in total. The Hall–Kier alpha value is -1.83. The standard InChI is InChI=1S/C18H21NO4S2/c1-4-14-7-9-15(10-8-14)24-19(5-2)25(22,23)16-11-6-13(3)17(12-16)18(20)21/h6-12H,4-5H2,1-3H3,(H,20,21). The fourth-order valence-electron chi connectivity index (χ4n) is 2.30. The summed E-state index contributed by atoms with van der Waals surface area (Å²) in [5.74, 6) is -1.14. The first kappa shape index (κ1) is 19.5. The maximum Gasteiger partial charge on any atom is 0.335 e. The third-order valence-electron chi connectivity index (χ3n) is 3.80. The van der Waals surface area contributed by atoms with Gasteiger partial charge in [-0.1, -0.05) is 32.0 Å². The van der Waals surface area contributed by atoms with Crippen LogP contribution in [-0.2, 0) is 16.4 Å². The molecule has 134 valence electrons. The van der Waals surface area contributed by atoms with E-state index in [1.807, 2.05) is 24.3 Å². The number of rotatable bonds is 7. The number of carboxylic acid groups (broad SMARTS) is 1. The number of carboxylic acids is 1. The number of aryl methyl sites for hydroxylation is 2. The van der Waals surface area contributed by atoms with Crippen molar-refractivity contribution in [3.05, 3.63) is 59.2 Å². The van der Waals surface area contributed by atoms with E-state index < -0.39 is 16.0 Å². The molecule has 2 rings (SSSR count). The predicted octanol–water partition coefficient (Wildman–Crippen LogP) is 3.97. The third kappa shape index (κ3) is 4.42. The van der Waals surface area contributed by atoms with Crippen molar-refractivity contribution < 1.29 is 18.3 Å². The number of benzene rings is 2. The SMILES string of the molecule is CCc1ccc(SN(CC)S(=O)(=O)c2ccc(C)c(C(=O)O)c2)cc1. The molecule has 0 fully saturated rings. The molecule has 0 amide bonds. The van der Waals surface area contributed by atoms with Gasteiger partial charge in [-0.3, -0.25) is 0 Å². The minimum atomic E-state index is -3.80. The molecule has 0 aliphatic carbocycles. The van der Waals surface area contributed by atoms with Crippen LogP contribution in [-0.4, -0.2) is 29.7 Å². The van der Waals surface area contributed by atoms with E-state index in [4.69, 9.17) is 0 Å². The zero-order chi connectivity index (χ0) is 18.6. The molecular weight excluding hydrogens is 358 g/mol. The lowest BCUT2D eigenvalue weighted by Gasteiger charge is -2.20. The van der Waals surface area contributed by atoms with Gasteiger partial charge >= 0.3 is 5.97 Å². The average Bonchev–Trinajstić information content (AvgIpc) is 2.59. The summed E-state index contributed by atoms with van der Waals surface area (Å²) in [6, 6.07) is 11.9. The van der Waals surface area contributed by atoms with E-state index in [0.717, 1.165) is 23.3 Å². The van der Waals surface area contributed by atoms with Crippen molar-refractivity contribution in [2.45, 2.75) is 37.0 Å². The Labute approximate surface area is 152 Å². The zero-order valence-corrected chi connectivity index (χ0v) is 16.0. The summed E-state index contributed by atoms with van der Waals surface area (Å²) in [7, 11) is -3.80. The molecule has 0 bridgehead atoms. The van der Waals surface area contributed by atoms with Gasteiger partial charge in [0.15, 0.2) is 0 Å². The third-order valence-corrected chi connectivity index (χ3v) is 7.20. The van der Waals surface area contributed by atoms with E-state index in [2.05, 4.69) is 6.92 Å². The van der Waals surface area contributed by atoms with E-state index in [9.17, 15) is 18.3 Å². The van der Waals surface area contributed by atoms with Crippen molar-refractivity contribution in [2.24, 2.45) is 0 Å². The summed E-state index contributed by atoms with van der Waals surface area (Å²) in [4.78, 5) is 12.1. The Bertz CT molecular complexity index is 861. The van der Waals surface area contributed by atoms with Crippen LogP contribution in [0.3, 0.4) is 0 Å². The molecular formula is C18H21NO4S2. The van der Waals surface area contributed by atoms with Crippen LogP contribution in [0.25, 0.3) is 0 Å². The summed E-state index contributed by atoms with van der Waals surface area (Å²) in [5.41, 5.74) is 1.70. The van der Waals surface area contributed by atoms with E-state index >= 15 is 0 Å². The first-order valence-electron chi connectivity index (χ1n) is 7.93. The maximum atomic E-state index is 12.9. The molecule has 0 spiro atoms. The molecule has 0 saturated heterocycles. The summed E-state index contributed by atoms with van der Waals surface area (Å²) >= 11 is 1.13. The lowest BCUT2D eigenvalue weighted by Crippen LogP contribution is -2.24. The van der Waals surface area contributed by atoms with E-state index in [1.54, 1.807) is 13.8 Å². The molecule has 0 aromatic heterocycles. The number of nitrogens with zero attached hydrogens (tertiary/aromatic N) is 1. The molecule has 5 nitrogen and oxygen atoms in total. The summed E-state index contributed by atoms with van der Waals surface area (Å²) < 4.78 is 27.0. The first-order chi connectivity index (χ1) is 11.8. The normalized spacial score (nSPS) is 11.7. The second kappa shape index (κ2) is 8.03. The average molecular weight is 380 g/mol. The summed E-state index contributed by atoms with van der Waals surface area (Å²) in [5, 5.41) is 9.22. The Morgan fingerprint density at radius 3 is 2.28 bits per heavy atom. The molecule has 2 aromatic rings. The lowest BCUT2D eigenvalue weighted by atomic mass is 10.1. The van der Waals surface area contributed by atoms with Gasteiger partial charge in [0.25, 0.3) is 10.0 Å². The summed E-state index contributed by atoms with van der Waals surface area (Å²) in [6.45, 7) is 5.71. The molecule has 0 atom stereocenters. The highest BCUT2D eigenvalue weighted by Gasteiger charge is 2.25. The van der Waals surface area contributed by atoms with Crippen LogP contribution >= 0.6 is 11.9 Å². The highest BCUT2D eigenvalue weighted by molar-refractivity contribution is 8.08. The number of hydrogen-bond donors (Lipinski definition) is 1. The fourth-order valence-corrected chi connectivity index (χ4v) is 4.91. The lowest BCUT2D eigenvalue weighted by molar-refractivity contribution is 0.0696. The second-order valence-corrected chi connectivity index (χ2v) is 8.68. The summed E-state index contributed by atoms with van der Waals surface area (Å²) in [6.07, 6.45) is 0.919. The topological polar surface area (TPSA) is 74.7 Å². The van der Waals surface area contributed by atoms with Gasteiger partial charge in [0.05, 0.1) is 10.5 Å². The zero-order valence-electron chi connectivity index (χ0n) is 14.4. The van der Waals surface area contributed by atoms with Crippen molar-refractivity contribution in [2.75, 3.05) is 6.54 Å². The predicted molar refractivity (Wildman–Crippen MR) is 99.4 cm³/mol. The van der Waals surface area contributed by atoms with Crippen LogP contribution in [0.5, 0.6) is 0 Å². The first-order valence-corrected chi connectivity index (χ1v) is 10.1. The van der Waals surface area contributed by atoms with Crippen LogP contribution in [0.4, 0.5) is 0 Å². The highest BCUT2D eigenvalue weighted by Crippen LogP contribution is 2.30. The monoisotopic (exact) mass is 379 g/mol. The minimum Gasteiger partial charge on any atom is -0.478 e.